The molecule has 102 valence electrons. The van der Waals surface area contributed by atoms with E-state index < -0.39 is 0 Å². The zero-order chi connectivity index (χ0) is 14.1. The van der Waals surface area contributed by atoms with E-state index in [9.17, 15) is 0 Å². The van der Waals surface area contributed by atoms with E-state index in [2.05, 4.69) is 53.7 Å². The summed E-state index contributed by atoms with van der Waals surface area (Å²) in [5.41, 5.74) is 4.53. The summed E-state index contributed by atoms with van der Waals surface area (Å²) in [4.78, 5) is 4.61. The van der Waals surface area contributed by atoms with Crippen molar-refractivity contribution in [2.24, 2.45) is 0 Å². The second-order valence-corrected chi connectivity index (χ2v) is 5.50. The number of para-hydroxylation sites is 2. The third-order valence-corrected chi connectivity index (χ3v) is 3.78. The molecule has 3 aromatic rings. The Kier molecular flexibility index (Phi) is 3.49. The first-order chi connectivity index (χ1) is 9.70. The highest BCUT2D eigenvalue weighted by Gasteiger charge is 2.11. The van der Waals surface area contributed by atoms with Gasteiger partial charge in [0.15, 0.2) is 0 Å². The van der Waals surface area contributed by atoms with Gasteiger partial charge < -0.3 is 0 Å². The maximum absolute atomic E-state index is 6.07. The normalized spacial score (nSPS) is 11.4. The van der Waals surface area contributed by atoms with Gasteiger partial charge in [0.2, 0.25) is 0 Å². The van der Waals surface area contributed by atoms with Gasteiger partial charge in [-0.1, -0.05) is 38.1 Å². The van der Waals surface area contributed by atoms with E-state index in [1.54, 1.807) is 0 Å². The van der Waals surface area contributed by atoms with E-state index in [-0.39, 0.29) is 0 Å². The van der Waals surface area contributed by atoms with Crippen LogP contribution >= 0.6 is 11.6 Å². The second kappa shape index (κ2) is 5.29. The molecule has 1 aromatic heterocycles. The van der Waals surface area contributed by atoms with E-state index in [0.29, 0.717) is 11.8 Å². The first-order valence-electron chi connectivity index (χ1n) is 6.83. The van der Waals surface area contributed by atoms with Gasteiger partial charge in [0.25, 0.3) is 0 Å². The van der Waals surface area contributed by atoms with Crippen LogP contribution in [-0.2, 0) is 5.88 Å². The van der Waals surface area contributed by atoms with Crippen LogP contribution in [0.25, 0.3) is 16.7 Å². The van der Waals surface area contributed by atoms with Crippen molar-refractivity contribution in [2.45, 2.75) is 25.6 Å². The van der Waals surface area contributed by atoms with Crippen LogP contribution in [0.3, 0.4) is 0 Å². The summed E-state index contributed by atoms with van der Waals surface area (Å²) in [5, 5.41) is 0. The molecule has 0 atom stereocenters. The lowest BCUT2D eigenvalue weighted by molar-refractivity contribution is 0.861. The summed E-state index contributed by atoms with van der Waals surface area (Å²) in [6.07, 6.45) is 0. The summed E-state index contributed by atoms with van der Waals surface area (Å²) >= 11 is 6.07. The number of nitrogens with zero attached hydrogens (tertiary/aromatic N) is 2. The molecule has 0 saturated heterocycles. The smallest absolute Gasteiger partial charge is 0.129 e. The lowest BCUT2D eigenvalue weighted by Gasteiger charge is -2.11. The Hall–Kier alpha value is -1.80. The Labute approximate surface area is 124 Å². The molecule has 0 radical (unpaired) electrons. The molecule has 2 aromatic carbocycles. The first-order valence-corrected chi connectivity index (χ1v) is 7.37. The Morgan fingerprint density at radius 3 is 2.65 bits per heavy atom. The van der Waals surface area contributed by atoms with Crippen LogP contribution in [0, 0.1) is 0 Å². The Morgan fingerprint density at radius 2 is 1.90 bits per heavy atom. The van der Waals surface area contributed by atoms with Gasteiger partial charge in [-0.15, -0.1) is 11.6 Å². The SMILES string of the molecule is CC(C)c1cccc(-n2c(CCl)nc3ccccc32)c1. The molecule has 0 fully saturated rings. The molecule has 0 aliphatic carbocycles. The Bertz CT molecular complexity index is 744. The maximum atomic E-state index is 6.07. The molecule has 0 spiro atoms. The van der Waals surface area contributed by atoms with Crippen LogP contribution in [0.5, 0.6) is 0 Å². The van der Waals surface area contributed by atoms with E-state index in [0.717, 1.165) is 22.5 Å². The van der Waals surface area contributed by atoms with Crippen LogP contribution in [0.2, 0.25) is 0 Å². The molecule has 0 unspecified atom stereocenters. The van der Waals surface area contributed by atoms with Crippen LogP contribution in [0.15, 0.2) is 48.5 Å². The summed E-state index contributed by atoms with van der Waals surface area (Å²) < 4.78 is 2.15. The number of fused-ring (bicyclic) bond motifs is 1. The Balaban J connectivity index is 2.25. The minimum atomic E-state index is 0.403. The molecule has 0 amide bonds. The fourth-order valence-electron chi connectivity index (χ4n) is 2.48. The monoisotopic (exact) mass is 284 g/mol. The van der Waals surface area contributed by atoms with Crippen LogP contribution in [-0.4, -0.2) is 9.55 Å². The lowest BCUT2D eigenvalue weighted by atomic mass is 10.0. The third-order valence-electron chi connectivity index (χ3n) is 3.54. The average Bonchev–Trinajstić information content (AvgIpc) is 2.85. The van der Waals surface area contributed by atoms with Gasteiger partial charge in [-0.3, -0.25) is 4.57 Å². The molecule has 0 saturated carbocycles. The summed E-state index contributed by atoms with van der Waals surface area (Å²) in [7, 11) is 0. The van der Waals surface area contributed by atoms with Gasteiger partial charge in [-0.05, 0) is 35.7 Å². The molecule has 0 aliphatic rings. The summed E-state index contributed by atoms with van der Waals surface area (Å²) in [6, 6.07) is 16.7. The van der Waals surface area contributed by atoms with Crippen molar-refractivity contribution < 1.29 is 0 Å². The number of aromatic nitrogens is 2. The minimum Gasteiger partial charge on any atom is -0.295 e. The number of halogens is 1. The van der Waals surface area contributed by atoms with Crippen molar-refractivity contribution in [1.82, 2.24) is 9.55 Å². The van der Waals surface area contributed by atoms with Crippen LogP contribution < -0.4 is 0 Å². The minimum absolute atomic E-state index is 0.403. The number of hydrogen-bond acceptors (Lipinski definition) is 1. The van der Waals surface area contributed by atoms with Gasteiger partial charge in [-0.2, -0.15) is 0 Å². The standard InChI is InChI=1S/C17H17ClN2/c1-12(2)13-6-5-7-14(10-13)20-16-9-4-3-8-15(16)19-17(20)11-18/h3-10,12H,11H2,1-2H3. The highest BCUT2D eigenvalue weighted by atomic mass is 35.5. The van der Waals surface area contributed by atoms with Crippen LogP contribution in [0.1, 0.15) is 31.2 Å². The topological polar surface area (TPSA) is 17.8 Å². The molecule has 0 N–H and O–H groups in total. The van der Waals surface area contributed by atoms with Crippen molar-refractivity contribution in [3.63, 3.8) is 0 Å². The highest BCUT2D eigenvalue weighted by molar-refractivity contribution is 6.17. The van der Waals surface area contributed by atoms with Gasteiger partial charge in [0.1, 0.15) is 5.82 Å². The number of hydrogen-bond donors (Lipinski definition) is 0. The molecule has 3 rings (SSSR count). The highest BCUT2D eigenvalue weighted by Crippen LogP contribution is 2.25. The third kappa shape index (κ3) is 2.20. The van der Waals surface area contributed by atoms with Crippen molar-refractivity contribution in [2.75, 3.05) is 0 Å². The average molecular weight is 285 g/mol. The fourth-order valence-corrected chi connectivity index (χ4v) is 2.66. The van der Waals surface area contributed by atoms with Gasteiger partial charge >= 0.3 is 0 Å². The van der Waals surface area contributed by atoms with Gasteiger partial charge in [0, 0.05) is 5.69 Å². The number of alkyl halides is 1. The number of rotatable bonds is 3. The van der Waals surface area contributed by atoms with Crippen molar-refractivity contribution >= 4 is 22.6 Å². The van der Waals surface area contributed by atoms with E-state index >= 15 is 0 Å². The van der Waals surface area contributed by atoms with Crippen LogP contribution in [0.4, 0.5) is 0 Å². The predicted molar refractivity (Wildman–Crippen MR) is 84.7 cm³/mol. The maximum Gasteiger partial charge on any atom is 0.129 e. The molecule has 20 heavy (non-hydrogen) atoms. The molecule has 2 nitrogen and oxygen atoms in total. The van der Waals surface area contributed by atoms with E-state index in [1.807, 2.05) is 18.2 Å². The van der Waals surface area contributed by atoms with Crippen molar-refractivity contribution in [3.8, 4) is 5.69 Å². The van der Waals surface area contributed by atoms with E-state index in [1.165, 1.54) is 5.56 Å². The molecular weight excluding hydrogens is 268 g/mol. The van der Waals surface area contributed by atoms with E-state index in [4.69, 9.17) is 11.6 Å². The Morgan fingerprint density at radius 1 is 1.10 bits per heavy atom. The first kappa shape index (κ1) is 13.2. The molecular formula is C17H17ClN2. The quantitative estimate of drug-likeness (QED) is 0.626. The van der Waals surface area contributed by atoms with Gasteiger partial charge in [0.05, 0.1) is 16.9 Å². The number of benzene rings is 2. The number of imidazole rings is 1. The van der Waals surface area contributed by atoms with Gasteiger partial charge in [-0.25, -0.2) is 4.98 Å². The molecule has 0 aliphatic heterocycles. The zero-order valence-corrected chi connectivity index (χ0v) is 12.4. The largest absolute Gasteiger partial charge is 0.295 e. The second-order valence-electron chi connectivity index (χ2n) is 5.24. The molecule has 3 heteroatoms. The van der Waals surface area contributed by atoms with Crippen molar-refractivity contribution in [1.29, 1.82) is 0 Å². The summed E-state index contributed by atoms with van der Waals surface area (Å²) in [5.74, 6) is 1.79. The molecule has 1 heterocycles. The summed E-state index contributed by atoms with van der Waals surface area (Å²) in [6.45, 7) is 4.40. The van der Waals surface area contributed by atoms with Crippen molar-refractivity contribution in [3.05, 3.63) is 59.9 Å². The fraction of sp³-hybridized carbons (Fsp3) is 0.235. The lowest BCUT2D eigenvalue weighted by Crippen LogP contribution is -2.00. The molecule has 0 bridgehead atoms. The zero-order valence-electron chi connectivity index (χ0n) is 11.7. The predicted octanol–water partition coefficient (Wildman–Crippen LogP) is 4.89.